The number of aromatic nitrogens is 3. The van der Waals surface area contributed by atoms with Crippen molar-refractivity contribution in [1.82, 2.24) is 30.3 Å². The highest BCUT2D eigenvalue weighted by molar-refractivity contribution is 7.99. The summed E-state index contributed by atoms with van der Waals surface area (Å²) in [6.07, 6.45) is 3.26. The number of carboxylic acids is 1. The molecule has 2 heterocycles. The lowest BCUT2D eigenvalue weighted by molar-refractivity contribution is -0.142. The Morgan fingerprint density at radius 1 is 0.902 bits per heavy atom. The maximum Gasteiger partial charge on any atom is 0.326 e. The van der Waals surface area contributed by atoms with Crippen molar-refractivity contribution >= 4 is 41.1 Å². The predicted molar refractivity (Wildman–Crippen MR) is 227 cm³/mol. The number of benzene rings is 3. The van der Waals surface area contributed by atoms with Crippen molar-refractivity contribution in [2.24, 2.45) is 17.4 Å². The topological polar surface area (TPSA) is 247 Å². The van der Waals surface area contributed by atoms with Gasteiger partial charge in [0.25, 0.3) is 0 Å². The highest BCUT2D eigenvalue weighted by atomic mass is 32.2. The minimum atomic E-state index is -1.28. The molecule has 15 nitrogen and oxygen atoms in total. The number of fused-ring (bicyclic) bond motifs is 1. The molecular formula is C43H50F2N8O7S. The molecule has 10 N–H and O–H groups in total. The van der Waals surface area contributed by atoms with Crippen LogP contribution in [0.25, 0.3) is 16.9 Å². The zero-order chi connectivity index (χ0) is 44.2. The second-order valence-electron chi connectivity index (χ2n) is 14.9. The molecule has 0 spiro atoms. The molecule has 0 saturated carbocycles. The average Bonchev–Trinajstić information content (AvgIpc) is 3.55. The molecule has 0 aliphatic carbocycles. The van der Waals surface area contributed by atoms with Gasteiger partial charge in [0, 0.05) is 35.6 Å². The van der Waals surface area contributed by atoms with Gasteiger partial charge in [-0.05, 0) is 74.0 Å². The number of imidazole rings is 1. The summed E-state index contributed by atoms with van der Waals surface area (Å²) in [4.78, 5) is 60.7. The van der Waals surface area contributed by atoms with Crippen LogP contribution in [-0.4, -0.2) is 90.3 Å². The van der Waals surface area contributed by atoms with Gasteiger partial charge in [0.05, 0.1) is 29.2 Å². The molecule has 5 aromatic rings. The van der Waals surface area contributed by atoms with E-state index in [-0.39, 0.29) is 53.0 Å². The summed E-state index contributed by atoms with van der Waals surface area (Å²) in [5.74, 6) is -5.71. The number of hydrogen-bond acceptors (Lipinski definition) is 11. The third kappa shape index (κ3) is 12.5. The molecule has 4 atom stereocenters. The first-order valence-corrected chi connectivity index (χ1v) is 20.8. The molecule has 5 rings (SSSR count). The number of rotatable bonds is 21. The van der Waals surface area contributed by atoms with Crippen molar-refractivity contribution in [3.63, 3.8) is 0 Å². The number of phenols is 1. The normalized spacial score (nSPS) is 13.4. The molecule has 0 fully saturated rings. The van der Waals surface area contributed by atoms with E-state index in [0.717, 1.165) is 23.4 Å². The number of halogens is 2. The van der Waals surface area contributed by atoms with Crippen molar-refractivity contribution < 1.29 is 43.3 Å². The number of nitrogens with one attached hydrogen (secondary N) is 3. The number of carbonyl (C=O) groups is 4. The fourth-order valence-electron chi connectivity index (χ4n) is 6.54. The Hall–Kier alpha value is -6.11. The number of amides is 3. The van der Waals surface area contributed by atoms with E-state index in [9.17, 15) is 38.9 Å². The molecule has 3 aromatic carbocycles. The van der Waals surface area contributed by atoms with E-state index in [1.165, 1.54) is 22.6 Å². The van der Waals surface area contributed by atoms with Crippen LogP contribution in [0.1, 0.15) is 67.3 Å². The summed E-state index contributed by atoms with van der Waals surface area (Å²) in [5.41, 5.74) is 14.4. The summed E-state index contributed by atoms with van der Waals surface area (Å²) in [6, 6.07) is 15.2. The first-order chi connectivity index (χ1) is 29.1. The van der Waals surface area contributed by atoms with Crippen LogP contribution in [-0.2, 0) is 25.6 Å². The van der Waals surface area contributed by atoms with Crippen molar-refractivity contribution in [3.8, 4) is 22.9 Å². The second-order valence-corrected chi connectivity index (χ2v) is 16.1. The smallest absolute Gasteiger partial charge is 0.326 e. The Labute approximate surface area is 355 Å². The Morgan fingerprint density at radius 3 is 2.28 bits per heavy atom. The summed E-state index contributed by atoms with van der Waals surface area (Å²) < 4.78 is 31.1. The largest absolute Gasteiger partial charge is 0.508 e. The van der Waals surface area contributed by atoms with Gasteiger partial charge in [-0.15, -0.1) is 11.8 Å². The van der Waals surface area contributed by atoms with E-state index in [1.807, 2.05) is 44.2 Å². The number of aromatic hydroxyl groups is 2. The number of carbonyl (C=O) groups excluding carboxylic acids is 3. The lowest BCUT2D eigenvalue weighted by Gasteiger charge is -2.23. The molecule has 0 saturated heterocycles. The van der Waals surface area contributed by atoms with Gasteiger partial charge < -0.3 is 42.7 Å². The molecule has 61 heavy (non-hydrogen) atoms. The van der Waals surface area contributed by atoms with Crippen LogP contribution < -0.4 is 27.4 Å². The van der Waals surface area contributed by atoms with Gasteiger partial charge in [-0.25, -0.2) is 23.5 Å². The Kier molecular flexibility index (Phi) is 16.1. The van der Waals surface area contributed by atoms with Gasteiger partial charge in [0.2, 0.25) is 23.6 Å². The number of phenolic OH excluding ortho intramolecular Hbond substituents is 1. The highest BCUT2D eigenvalue weighted by Crippen LogP contribution is 2.42. The van der Waals surface area contributed by atoms with Gasteiger partial charge in [0.15, 0.2) is 5.65 Å². The first-order valence-electron chi connectivity index (χ1n) is 19.7. The van der Waals surface area contributed by atoms with Crippen molar-refractivity contribution in [2.45, 2.75) is 69.3 Å². The van der Waals surface area contributed by atoms with E-state index in [2.05, 4.69) is 16.0 Å². The summed E-state index contributed by atoms with van der Waals surface area (Å²) in [6.45, 7) is 3.46. The Morgan fingerprint density at radius 2 is 1.62 bits per heavy atom. The maximum atomic E-state index is 15.6. The van der Waals surface area contributed by atoms with Crippen LogP contribution in [0.5, 0.6) is 11.6 Å². The SMILES string of the molecule is CC(C)CC(NC(=O)CNC(=O)C(N)CS[C@@H](c1ccc(F)cc1F)c1nc2c(Cc3ccccc3)nc(-c3ccc(O)cc3)cn2c1O)C(=O)NC(CCCCN)C(=O)O. The summed E-state index contributed by atoms with van der Waals surface area (Å²) >= 11 is 0.955. The second kappa shape index (κ2) is 21.4. The molecule has 0 aliphatic rings. The molecule has 2 aromatic heterocycles. The third-order valence-corrected chi connectivity index (χ3v) is 11.0. The van der Waals surface area contributed by atoms with Crippen LogP contribution in [0.15, 0.2) is 79.0 Å². The van der Waals surface area contributed by atoms with Crippen molar-refractivity contribution in [1.29, 1.82) is 0 Å². The van der Waals surface area contributed by atoms with E-state index in [1.54, 1.807) is 18.3 Å². The molecule has 3 unspecified atom stereocenters. The molecule has 324 valence electrons. The maximum absolute atomic E-state index is 15.6. The van der Waals surface area contributed by atoms with E-state index < -0.39 is 65.2 Å². The number of nitrogens with zero attached hydrogens (tertiary/aromatic N) is 3. The van der Waals surface area contributed by atoms with Crippen LogP contribution in [0.4, 0.5) is 8.78 Å². The van der Waals surface area contributed by atoms with Gasteiger partial charge in [-0.3, -0.25) is 18.8 Å². The predicted octanol–water partition coefficient (Wildman–Crippen LogP) is 4.17. The number of aliphatic carboxylic acids is 1. The number of hydrogen-bond donors (Lipinski definition) is 8. The van der Waals surface area contributed by atoms with Crippen LogP contribution in [0, 0.1) is 17.6 Å². The van der Waals surface area contributed by atoms with Gasteiger partial charge in [-0.1, -0.05) is 50.2 Å². The van der Waals surface area contributed by atoms with Gasteiger partial charge in [-0.2, -0.15) is 0 Å². The molecule has 3 amide bonds. The first kappa shape index (κ1) is 46.0. The quantitative estimate of drug-likeness (QED) is 0.0485. The number of unbranched alkanes of at least 4 members (excludes halogenated alkanes) is 1. The van der Waals surface area contributed by atoms with Crippen molar-refractivity contribution in [2.75, 3.05) is 18.8 Å². The summed E-state index contributed by atoms with van der Waals surface area (Å²) in [7, 11) is 0. The summed E-state index contributed by atoms with van der Waals surface area (Å²) in [5, 5.41) is 37.6. The number of nitrogens with two attached hydrogens (primary N) is 2. The fraction of sp³-hybridized carbons (Fsp3) is 0.349. The fourth-order valence-corrected chi connectivity index (χ4v) is 7.78. The molecular weight excluding hydrogens is 811 g/mol. The van der Waals surface area contributed by atoms with E-state index in [0.29, 0.717) is 48.8 Å². The minimum absolute atomic E-state index is 0.0135. The minimum Gasteiger partial charge on any atom is -0.508 e. The molecule has 0 radical (unpaired) electrons. The van der Waals surface area contributed by atoms with E-state index >= 15 is 4.39 Å². The standard InChI is InChI=1S/C43H50F2N8O7S/c1-24(2)18-34(41(57)51-32(43(59)60)10-6-7-17-46)50-36(55)21-48-40(56)31(47)23-61-38(29-16-13-27(44)20-30(29)45)37-42(58)53-22-35(26-11-14-28(54)15-12-26)49-33(39(53)52-37)19-25-8-4-3-5-9-25/h3-5,8-9,11-16,20,22,24,31-32,34,38,54,58H,6-7,10,17-19,21,23,46-47H2,1-2H3,(H,48,56)(H,50,55)(H,51,57)(H,59,60)/t31?,32?,34?,38-/m0/s1. The van der Waals surface area contributed by atoms with Crippen molar-refractivity contribution in [3.05, 3.63) is 113 Å². The lowest BCUT2D eigenvalue weighted by atomic mass is 10.0. The molecule has 0 bridgehead atoms. The van der Waals surface area contributed by atoms with Gasteiger partial charge >= 0.3 is 5.97 Å². The average molecular weight is 861 g/mol. The monoisotopic (exact) mass is 860 g/mol. The van der Waals surface area contributed by atoms with Crippen LogP contribution in [0.3, 0.4) is 0 Å². The third-order valence-electron chi connectivity index (χ3n) is 9.67. The van der Waals surface area contributed by atoms with Crippen LogP contribution >= 0.6 is 11.8 Å². The molecule has 18 heteroatoms. The number of thioether (sulfide) groups is 1. The molecule has 0 aliphatic heterocycles. The highest BCUT2D eigenvalue weighted by Gasteiger charge is 2.31. The van der Waals surface area contributed by atoms with Gasteiger partial charge in [0.1, 0.15) is 35.2 Å². The zero-order valence-corrected chi connectivity index (χ0v) is 34.5. The number of carboxylic acid groups (broad SMARTS) is 1. The zero-order valence-electron chi connectivity index (χ0n) is 33.7. The van der Waals surface area contributed by atoms with E-state index in [4.69, 9.17) is 21.4 Å². The Balaban J connectivity index is 1.35. The lowest BCUT2D eigenvalue weighted by Crippen LogP contribution is -2.54. The Bertz CT molecular complexity index is 2310. The van der Waals surface area contributed by atoms with Crippen LogP contribution in [0.2, 0.25) is 0 Å².